The summed E-state index contributed by atoms with van der Waals surface area (Å²) in [5, 5.41) is 3.82. The molecule has 0 fully saturated rings. The van der Waals surface area contributed by atoms with Gasteiger partial charge in [0.1, 0.15) is 0 Å². The number of hydrogen-bond acceptors (Lipinski definition) is 2. The number of anilines is 1. The van der Waals surface area contributed by atoms with E-state index >= 15 is 0 Å². The summed E-state index contributed by atoms with van der Waals surface area (Å²) in [7, 11) is 0. The first-order valence-corrected chi connectivity index (χ1v) is 7.52. The molecule has 1 N–H and O–H groups in total. The summed E-state index contributed by atoms with van der Waals surface area (Å²) >= 11 is 0. The van der Waals surface area contributed by atoms with Gasteiger partial charge in [0.15, 0.2) is 0 Å². The summed E-state index contributed by atoms with van der Waals surface area (Å²) in [4.78, 5) is 16.1. The molecule has 0 saturated heterocycles. The van der Waals surface area contributed by atoms with Gasteiger partial charge in [-0.05, 0) is 36.4 Å². The van der Waals surface area contributed by atoms with Crippen LogP contribution in [0, 0.1) is 11.8 Å². The summed E-state index contributed by atoms with van der Waals surface area (Å²) in [5.74, 6) is 6.33. The minimum Gasteiger partial charge on any atom is -0.324 e. The Kier molecular flexibility index (Phi) is 4.35. The van der Waals surface area contributed by atoms with E-state index in [9.17, 15) is 4.79 Å². The zero-order valence-corrected chi connectivity index (χ0v) is 12.8. The fourth-order valence-corrected chi connectivity index (χ4v) is 2.28. The quantitative estimate of drug-likeness (QED) is 0.727. The van der Waals surface area contributed by atoms with Gasteiger partial charge in [-0.2, -0.15) is 0 Å². The summed E-state index contributed by atoms with van der Waals surface area (Å²) < 4.78 is 0. The summed E-state index contributed by atoms with van der Waals surface area (Å²) in [6, 6.07) is 17.5. The summed E-state index contributed by atoms with van der Waals surface area (Å²) in [6.45, 7) is 1.82. The minimum absolute atomic E-state index is 0.0277. The second kappa shape index (κ2) is 6.76. The van der Waals surface area contributed by atoms with Gasteiger partial charge in [-0.1, -0.05) is 37.0 Å². The third-order valence-electron chi connectivity index (χ3n) is 3.48. The maximum atomic E-state index is 11.7. The van der Waals surface area contributed by atoms with Crippen LogP contribution < -0.4 is 5.32 Å². The lowest BCUT2D eigenvalue weighted by Crippen LogP contribution is -2.10. The van der Waals surface area contributed by atoms with Crippen molar-refractivity contribution in [2.75, 3.05) is 5.32 Å². The van der Waals surface area contributed by atoms with Gasteiger partial charge in [0, 0.05) is 29.1 Å². The van der Waals surface area contributed by atoms with Crippen molar-refractivity contribution in [2.45, 2.75) is 13.3 Å². The third-order valence-corrected chi connectivity index (χ3v) is 3.48. The summed E-state index contributed by atoms with van der Waals surface area (Å²) in [6.07, 6.45) is 2.15. The van der Waals surface area contributed by atoms with Crippen LogP contribution in [0.4, 0.5) is 5.69 Å². The van der Waals surface area contributed by atoms with Gasteiger partial charge in [0.2, 0.25) is 5.91 Å². The molecule has 0 aliphatic heterocycles. The molecule has 1 amide bonds. The number of rotatable bonds is 2. The van der Waals surface area contributed by atoms with Crippen LogP contribution in [-0.2, 0) is 4.79 Å². The van der Waals surface area contributed by atoms with Gasteiger partial charge < -0.3 is 5.32 Å². The zero-order valence-electron chi connectivity index (χ0n) is 12.8. The fraction of sp³-hybridized carbons (Fsp3) is 0.100. The number of pyridine rings is 1. The van der Waals surface area contributed by atoms with Crippen LogP contribution in [0.25, 0.3) is 10.9 Å². The molecule has 1 heterocycles. The molecule has 0 aliphatic rings. The molecule has 3 rings (SSSR count). The molecular weight excluding hydrogens is 284 g/mol. The van der Waals surface area contributed by atoms with Crippen LogP contribution in [0.5, 0.6) is 0 Å². The first-order valence-electron chi connectivity index (χ1n) is 7.52. The Balaban J connectivity index is 2.05. The van der Waals surface area contributed by atoms with E-state index in [2.05, 4.69) is 22.1 Å². The lowest BCUT2D eigenvalue weighted by molar-refractivity contribution is -0.115. The first kappa shape index (κ1) is 14.8. The summed E-state index contributed by atoms with van der Waals surface area (Å²) in [5.41, 5.74) is 3.34. The highest BCUT2D eigenvalue weighted by Gasteiger charge is 2.07. The van der Waals surface area contributed by atoms with E-state index in [0.29, 0.717) is 6.42 Å². The largest absolute Gasteiger partial charge is 0.324 e. The van der Waals surface area contributed by atoms with E-state index in [1.54, 1.807) is 6.20 Å². The van der Waals surface area contributed by atoms with Gasteiger partial charge in [0.05, 0.1) is 11.2 Å². The third kappa shape index (κ3) is 3.38. The van der Waals surface area contributed by atoms with Crippen LogP contribution in [0.15, 0.2) is 60.8 Å². The molecule has 0 bridgehead atoms. The molecule has 1 aromatic heterocycles. The lowest BCUT2D eigenvalue weighted by atomic mass is 10.1. The molecule has 3 nitrogen and oxygen atoms in total. The van der Waals surface area contributed by atoms with Crippen molar-refractivity contribution >= 4 is 22.5 Å². The Hall–Kier alpha value is -3.12. The second-order valence-corrected chi connectivity index (χ2v) is 5.08. The highest BCUT2D eigenvalue weighted by Crippen LogP contribution is 2.24. The van der Waals surface area contributed by atoms with Crippen LogP contribution >= 0.6 is 0 Å². The molecule has 112 valence electrons. The maximum absolute atomic E-state index is 11.7. The fourth-order valence-electron chi connectivity index (χ4n) is 2.28. The molecule has 0 radical (unpaired) electrons. The standard InChI is InChI=1S/C20H16N2O/c1-2-19(23)22-18-13-12-16(17-9-6-14-21-20(17)18)11-10-15-7-4-3-5-8-15/h3-9,12-14H,2H2,1H3,(H,22,23). The molecule has 0 saturated carbocycles. The Bertz CT molecular complexity index is 905. The Morgan fingerprint density at radius 2 is 1.87 bits per heavy atom. The number of amides is 1. The van der Waals surface area contributed by atoms with Crippen molar-refractivity contribution < 1.29 is 4.79 Å². The second-order valence-electron chi connectivity index (χ2n) is 5.08. The number of fused-ring (bicyclic) bond motifs is 1. The van der Waals surface area contributed by atoms with Gasteiger partial charge in [-0.3, -0.25) is 9.78 Å². The van der Waals surface area contributed by atoms with E-state index in [-0.39, 0.29) is 5.91 Å². The van der Waals surface area contributed by atoms with Crippen LogP contribution in [0.1, 0.15) is 24.5 Å². The minimum atomic E-state index is -0.0277. The average Bonchev–Trinajstić information content (AvgIpc) is 2.62. The van der Waals surface area contributed by atoms with Gasteiger partial charge in [-0.25, -0.2) is 0 Å². The van der Waals surface area contributed by atoms with Gasteiger partial charge >= 0.3 is 0 Å². The molecule has 0 atom stereocenters. The van der Waals surface area contributed by atoms with Crippen molar-refractivity contribution in [3.8, 4) is 11.8 Å². The molecule has 0 spiro atoms. The number of hydrogen-bond donors (Lipinski definition) is 1. The van der Waals surface area contributed by atoms with Crippen molar-refractivity contribution in [3.63, 3.8) is 0 Å². The lowest BCUT2D eigenvalue weighted by Gasteiger charge is -2.08. The predicted molar refractivity (Wildman–Crippen MR) is 93.1 cm³/mol. The molecule has 0 unspecified atom stereocenters. The zero-order chi connectivity index (χ0) is 16.1. The van der Waals surface area contributed by atoms with E-state index in [0.717, 1.165) is 27.7 Å². The SMILES string of the molecule is CCC(=O)Nc1ccc(C#Cc2ccccc2)c2cccnc12. The van der Waals surface area contributed by atoms with Crippen molar-refractivity contribution in [2.24, 2.45) is 0 Å². The Labute approximate surface area is 135 Å². The van der Waals surface area contributed by atoms with E-state index < -0.39 is 0 Å². The number of carbonyl (C=O) groups excluding carboxylic acids is 1. The molecule has 3 heteroatoms. The topological polar surface area (TPSA) is 42.0 Å². The highest BCUT2D eigenvalue weighted by molar-refractivity contribution is 6.01. The number of aromatic nitrogens is 1. The Morgan fingerprint density at radius 3 is 2.65 bits per heavy atom. The smallest absolute Gasteiger partial charge is 0.224 e. The predicted octanol–water partition coefficient (Wildman–Crippen LogP) is 3.98. The normalized spacial score (nSPS) is 9.96. The van der Waals surface area contributed by atoms with E-state index in [1.165, 1.54) is 0 Å². The first-order chi connectivity index (χ1) is 11.3. The molecule has 0 aliphatic carbocycles. The molecular formula is C20H16N2O. The van der Waals surface area contributed by atoms with Crippen molar-refractivity contribution in [1.29, 1.82) is 0 Å². The van der Waals surface area contributed by atoms with Gasteiger partial charge in [-0.15, -0.1) is 0 Å². The average molecular weight is 300 g/mol. The van der Waals surface area contributed by atoms with Crippen LogP contribution in [-0.4, -0.2) is 10.9 Å². The monoisotopic (exact) mass is 300 g/mol. The molecule has 23 heavy (non-hydrogen) atoms. The molecule has 3 aromatic rings. The van der Waals surface area contributed by atoms with Crippen molar-refractivity contribution in [1.82, 2.24) is 4.98 Å². The number of nitrogens with zero attached hydrogens (tertiary/aromatic N) is 1. The van der Waals surface area contributed by atoms with Crippen LogP contribution in [0.2, 0.25) is 0 Å². The highest BCUT2D eigenvalue weighted by atomic mass is 16.1. The maximum Gasteiger partial charge on any atom is 0.224 e. The van der Waals surface area contributed by atoms with Crippen LogP contribution in [0.3, 0.4) is 0 Å². The van der Waals surface area contributed by atoms with Gasteiger partial charge in [0.25, 0.3) is 0 Å². The number of nitrogens with one attached hydrogen (secondary N) is 1. The molecule has 2 aromatic carbocycles. The number of carbonyl (C=O) groups is 1. The van der Waals surface area contributed by atoms with Crippen molar-refractivity contribution in [3.05, 3.63) is 71.9 Å². The Morgan fingerprint density at radius 1 is 1.04 bits per heavy atom. The van der Waals surface area contributed by atoms with E-state index in [4.69, 9.17) is 0 Å². The van der Waals surface area contributed by atoms with E-state index in [1.807, 2.05) is 61.5 Å². The number of benzene rings is 2.